The first-order chi connectivity index (χ1) is 10.2. The highest BCUT2D eigenvalue weighted by molar-refractivity contribution is 6.01. The minimum atomic E-state index is 0.288. The van der Waals surface area contributed by atoms with Crippen molar-refractivity contribution in [1.29, 1.82) is 0 Å². The maximum Gasteiger partial charge on any atom is 0.163 e. The molecule has 0 saturated heterocycles. The van der Waals surface area contributed by atoms with Gasteiger partial charge in [-0.15, -0.1) is 0 Å². The Morgan fingerprint density at radius 2 is 2.24 bits per heavy atom. The molecular formula is C20H24O. The monoisotopic (exact) mass is 280 g/mol. The van der Waals surface area contributed by atoms with Crippen LogP contribution in [0.3, 0.4) is 0 Å². The molecule has 0 heterocycles. The summed E-state index contributed by atoms with van der Waals surface area (Å²) in [5.74, 6) is 1.63. The van der Waals surface area contributed by atoms with Gasteiger partial charge in [-0.25, -0.2) is 0 Å². The second kappa shape index (κ2) is 4.56. The number of carbonyl (C=O) groups is 1. The molecule has 3 unspecified atom stereocenters. The smallest absolute Gasteiger partial charge is 0.163 e. The molecule has 0 aliphatic heterocycles. The van der Waals surface area contributed by atoms with E-state index in [4.69, 9.17) is 0 Å². The molecule has 1 nitrogen and oxygen atoms in total. The number of hydrogen-bond acceptors (Lipinski definition) is 1. The molecule has 3 atom stereocenters. The Morgan fingerprint density at radius 3 is 2.90 bits per heavy atom. The fraction of sp³-hybridized carbons (Fsp3) is 0.550. The summed E-state index contributed by atoms with van der Waals surface area (Å²) in [5.41, 5.74) is 5.73. The van der Waals surface area contributed by atoms with Crippen molar-refractivity contribution in [2.75, 3.05) is 0 Å². The molecule has 1 spiro atoms. The van der Waals surface area contributed by atoms with Gasteiger partial charge in [-0.2, -0.15) is 0 Å². The third-order valence-electron chi connectivity index (χ3n) is 6.38. The van der Waals surface area contributed by atoms with E-state index in [9.17, 15) is 4.79 Å². The van der Waals surface area contributed by atoms with Crippen molar-refractivity contribution >= 4 is 5.78 Å². The topological polar surface area (TPSA) is 17.1 Å². The van der Waals surface area contributed by atoms with Crippen LogP contribution in [-0.4, -0.2) is 5.78 Å². The van der Waals surface area contributed by atoms with Gasteiger partial charge in [0, 0.05) is 17.4 Å². The zero-order valence-electron chi connectivity index (χ0n) is 13.1. The first kappa shape index (κ1) is 13.3. The van der Waals surface area contributed by atoms with Crippen molar-refractivity contribution in [3.63, 3.8) is 0 Å². The van der Waals surface area contributed by atoms with E-state index in [0.717, 1.165) is 30.7 Å². The van der Waals surface area contributed by atoms with Crippen molar-refractivity contribution in [3.05, 3.63) is 46.5 Å². The van der Waals surface area contributed by atoms with Gasteiger partial charge < -0.3 is 0 Å². The van der Waals surface area contributed by atoms with Crippen LogP contribution in [-0.2, 0) is 5.41 Å². The van der Waals surface area contributed by atoms with Crippen LogP contribution < -0.4 is 0 Å². The quantitative estimate of drug-likeness (QED) is 0.684. The van der Waals surface area contributed by atoms with E-state index in [-0.39, 0.29) is 5.41 Å². The van der Waals surface area contributed by atoms with E-state index in [1.165, 1.54) is 30.4 Å². The molecule has 0 amide bonds. The lowest BCUT2D eigenvalue weighted by molar-refractivity contribution is 0.0937. The first-order valence-electron chi connectivity index (χ1n) is 8.50. The Bertz CT molecular complexity index is 639. The summed E-state index contributed by atoms with van der Waals surface area (Å²) in [4.78, 5) is 12.7. The lowest BCUT2D eigenvalue weighted by Gasteiger charge is -2.42. The van der Waals surface area contributed by atoms with Gasteiger partial charge in [0.15, 0.2) is 5.78 Å². The summed E-state index contributed by atoms with van der Waals surface area (Å²) >= 11 is 0. The second-order valence-electron chi connectivity index (χ2n) is 7.33. The SMILES string of the molecule is CCC(C)c1cccc2c1C(=O)CCC21CC2=CCC1C2. The Balaban J connectivity index is 1.90. The van der Waals surface area contributed by atoms with Gasteiger partial charge in [0.2, 0.25) is 0 Å². The predicted molar refractivity (Wildman–Crippen MR) is 85.8 cm³/mol. The molecule has 3 aliphatic rings. The lowest BCUT2D eigenvalue weighted by atomic mass is 9.61. The molecule has 0 N–H and O–H groups in total. The summed E-state index contributed by atoms with van der Waals surface area (Å²) in [6.45, 7) is 4.48. The summed E-state index contributed by atoms with van der Waals surface area (Å²) in [7, 11) is 0. The highest BCUT2D eigenvalue weighted by Gasteiger charge is 2.51. The van der Waals surface area contributed by atoms with E-state index in [2.05, 4.69) is 38.1 Å². The van der Waals surface area contributed by atoms with Gasteiger partial charge in [-0.05, 0) is 55.1 Å². The Hall–Kier alpha value is -1.37. The van der Waals surface area contributed by atoms with Crippen LogP contribution >= 0.6 is 0 Å². The van der Waals surface area contributed by atoms with E-state index in [1.807, 2.05) is 0 Å². The molecule has 1 aromatic carbocycles. The van der Waals surface area contributed by atoms with Gasteiger partial charge in [0.25, 0.3) is 0 Å². The van der Waals surface area contributed by atoms with E-state index in [1.54, 1.807) is 5.57 Å². The number of allylic oxidation sites excluding steroid dienone is 2. The van der Waals surface area contributed by atoms with Gasteiger partial charge in [0.1, 0.15) is 0 Å². The van der Waals surface area contributed by atoms with Crippen LogP contribution in [0.25, 0.3) is 0 Å². The van der Waals surface area contributed by atoms with Gasteiger partial charge in [-0.1, -0.05) is 43.7 Å². The third kappa shape index (κ3) is 1.73. The summed E-state index contributed by atoms with van der Waals surface area (Å²) in [6, 6.07) is 6.65. The highest BCUT2D eigenvalue weighted by Crippen LogP contribution is 2.59. The van der Waals surface area contributed by atoms with Crippen molar-refractivity contribution in [3.8, 4) is 0 Å². The molecular weight excluding hydrogens is 256 g/mol. The molecule has 1 fully saturated rings. The number of rotatable bonds is 2. The number of carbonyl (C=O) groups excluding carboxylic acids is 1. The lowest BCUT2D eigenvalue weighted by Crippen LogP contribution is -2.37. The molecule has 1 aromatic rings. The average molecular weight is 280 g/mol. The summed E-state index contributed by atoms with van der Waals surface area (Å²) in [5, 5.41) is 0. The van der Waals surface area contributed by atoms with Crippen LogP contribution in [0.2, 0.25) is 0 Å². The first-order valence-corrected chi connectivity index (χ1v) is 8.50. The van der Waals surface area contributed by atoms with E-state index in [0.29, 0.717) is 11.7 Å². The zero-order valence-corrected chi connectivity index (χ0v) is 13.1. The molecule has 1 heteroatoms. The van der Waals surface area contributed by atoms with Crippen LogP contribution in [0.5, 0.6) is 0 Å². The summed E-state index contributed by atoms with van der Waals surface area (Å²) in [6.07, 6.45) is 9.10. The standard InChI is InChI=1S/C20H24O/c1-3-13(2)16-5-4-6-17-19(16)18(21)9-10-20(17)12-14-7-8-15(20)11-14/h4-7,13,15H,3,8-12H2,1-2H3. The fourth-order valence-electron chi connectivity index (χ4n) is 5.04. The molecule has 1 saturated carbocycles. The number of fused-ring (bicyclic) bond motifs is 5. The third-order valence-corrected chi connectivity index (χ3v) is 6.38. The molecule has 4 rings (SSSR count). The number of hydrogen-bond donors (Lipinski definition) is 0. The fourth-order valence-corrected chi connectivity index (χ4v) is 5.04. The molecule has 21 heavy (non-hydrogen) atoms. The average Bonchev–Trinajstić information content (AvgIpc) is 3.11. The van der Waals surface area contributed by atoms with Crippen LogP contribution in [0.1, 0.15) is 79.8 Å². The largest absolute Gasteiger partial charge is 0.294 e. The maximum absolute atomic E-state index is 12.7. The normalized spacial score (nSPS) is 31.4. The Labute approximate surface area is 127 Å². The number of Topliss-reactive ketones (excluding diaryl/α,β-unsaturated/α-hetero) is 1. The minimum Gasteiger partial charge on any atom is -0.294 e. The molecule has 3 aliphatic carbocycles. The van der Waals surface area contributed by atoms with Crippen LogP contribution in [0, 0.1) is 5.92 Å². The van der Waals surface area contributed by atoms with Crippen molar-refractivity contribution in [2.24, 2.45) is 5.92 Å². The minimum absolute atomic E-state index is 0.288. The van der Waals surface area contributed by atoms with Crippen molar-refractivity contribution in [2.45, 2.75) is 63.7 Å². The van der Waals surface area contributed by atoms with E-state index >= 15 is 0 Å². The molecule has 0 radical (unpaired) electrons. The van der Waals surface area contributed by atoms with Gasteiger partial charge in [-0.3, -0.25) is 4.79 Å². The summed E-state index contributed by atoms with van der Waals surface area (Å²) < 4.78 is 0. The maximum atomic E-state index is 12.7. The molecule has 2 bridgehead atoms. The van der Waals surface area contributed by atoms with Crippen molar-refractivity contribution < 1.29 is 4.79 Å². The van der Waals surface area contributed by atoms with Gasteiger partial charge in [0.05, 0.1) is 0 Å². The Morgan fingerprint density at radius 1 is 1.38 bits per heavy atom. The van der Waals surface area contributed by atoms with Gasteiger partial charge >= 0.3 is 0 Å². The van der Waals surface area contributed by atoms with Crippen LogP contribution in [0.15, 0.2) is 29.8 Å². The molecule has 110 valence electrons. The van der Waals surface area contributed by atoms with Crippen molar-refractivity contribution in [1.82, 2.24) is 0 Å². The Kier molecular flexibility index (Phi) is 2.89. The number of ketones is 1. The predicted octanol–water partition coefficient (Wildman–Crippen LogP) is 5.15. The molecule has 0 aromatic heterocycles. The van der Waals surface area contributed by atoms with Crippen LogP contribution in [0.4, 0.5) is 0 Å². The zero-order chi connectivity index (χ0) is 14.6. The van der Waals surface area contributed by atoms with E-state index < -0.39 is 0 Å². The number of benzene rings is 1. The second-order valence-corrected chi connectivity index (χ2v) is 7.33. The highest BCUT2D eigenvalue weighted by atomic mass is 16.1.